The number of hydrogen-bond acceptors (Lipinski definition) is 3. The smallest absolute Gasteiger partial charge is 0.252 e. The van der Waals surface area contributed by atoms with Gasteiger partial charge in [-0.2, -0.15) is 0 Å². The van der Waals surface area contributed by atoms with Crippen molar-refractivity contribution in [1.82, 2.24) is 10.3 Å². The molecule has 0 radical (unpaired) electrons. The summed E-state index contributed by atoms with van der Waals surface area (Å²) in [5.41, 5.74) is 0.509. The minimum absolute atomic E-state index is 0.176. The number of hydrogen-bond donors (Lipinski definition) is 2. The van der Waals surface area contributed by atoms with Crippen LogP contribution in [0.1, 0.15) is 23.7 Å². The lowest BCUT2D eigenvalue weighted by atomic mass is 10.2. The Morgan fingerprint density at radius 3 is 3.00 bits per heavy atom. The van der Waals surface area contributed by atoms with Crippen LogP contribution >= 0.6 is 15.9 Å². The predicted octanol–water partition coefficient (Wildman–Crippen LogP) is 1.34. The number of carbonyl (C=O) groups excluding carboxylic acids is 1. The second-order valence-corrected chi connectivity index (χ2v) is 4.20. The van der Waals surface area contributed by atoms with Crippen LogP contribution in [0.3, 0.4) is 0 Å². The summed E-state index contributed by atoms with van der Waals surface area (Å²) in [7, 11) is 0. The lowest BCUT2D eigenvalue weighted by molar-refractivity contribution is 0.0945. The number of carbonyl (C=O) groups is 1. The molecule has 0 saturated carbocycles. The summed E-state index contributed by atoms with van der Waals surface area (Å²) in [6.45, 7) is 2.15. The summed E-state index contributed by atoms with van der Waals surface area (Å²) in [5, 5.41) is 11.7. The summed E-state index contributed by atoms with van der Waals surface area (Å²) in [5.74, 6) is -0.176. The molecule has 0 aliphatic rings. The molecule has 1 aromatic rings. The van der Waals surface area contributed by atoms with Crippen molar-refractivity contribution in [3.8, 4) is 0 Å². The predicted molar refractivity (Wildman–Crippen MR) is 60.6 cm³/mol. The van der Waals surface area contributed by atoms with E-state index in [2.05, 4.69) is 26.2 Å². The summed E-state index contributed by atoms with van der Waals surface area (Å²) >= 11 is 3.24. The largest absolute Gasteiger partial charge is 0.393 e. The van der Waals surface area contributed by atoms with Crippen LogP contribution in [0, 0.1) is 0 Å². The van der Waals surface area contributed by atoms with Gasteiger partial charge in [-0.05, 0) is 35.3 Å². The number of rotatable bonds is 4. The molecule has 1 amide bonds. The molecule has 82 valence electrons. The van der Waals surface area contributed by atoms with Gasteiger partial charge in [-0.15, -0.1) is 0 Å². The van der Waals surface area contributed by atoms with Crippen LogP contribution in [0.2, 0.25) is 0 Å². The Labute approximate surface area is 96.8 Å². The van der Waals surface area contributed by atoms with Crippen LogP contribution in [0.5, 0.6) is 0 Å². The molecule has 1 atom stereocenters. The molecular weight excluding hydrogens is 260 g/mol. The average Bonchev–Trinajstić information content (AvgIpc) is 2.17. The Morgan fingerprint density at radius 1 is 1.67 bits per heavy atom. The molecule has 0 saturated heterocycles. The van der Waals surface area contributed by atoms with Gasteiger partial charge >= 0.3 is 0 Å². The number of aliphatic hydroxyl groups excluding tert-OH is 1. The van der Waals surface area contributed by atoms with Crippen LogP contribution in [0.25, 0.3) is 0 Å². The highest BCUT2D eigenvalue weighted by atomic mass is 79.9. The van der Waals surface area contributed by atoms with Crippen molar-refractivity contribution >= 4 is 21.8 Å². The molecule has 1 aromatic heterocycles. The minimum atomic E-state index is -0.397. The molecule has 0 fully saturated rings. The first kappa shape index (κ1) is 12.1. The van der Waals surface area contributed by atoms with Gasteiger partial charge in [-0.3, -0.25) is 9.78 Å². The van der Waals surface area contributed by atoms with E-state index in [0.717, 1.165) is 4.47 Å². The van der Waals surface area contributed by atoms with Crippen molar-refractivity contribution in [2.45, 2.75) is 19.4 Å². The number of aromatic nitrogens is 1. The molecule has 15 heavy (non-hydrogen) atoms. The summed E-state index contributed by atoms with van der Waals surface area (Å²) < 4.78 is 0.769. The van der Waals surface area contributed by atoms with E-state index >= 15 is 0 Å². The Morgan fingerprint density at radius 2 is 2.40 bits per heavy atom. The highest BCUT2D eigenvalue weighted by Crippen LogP contribution is 2.09. The van der Waals surface area contributed by atoms with E-state index in [1.807, 2.05) is 0 Å². The van der Waals surface area contributed by atoms with Crippen molar-refractivity contribution in [3.05, 3.63) is 28.5 Å². The number of halogens is 1. The third-order valence-electron chi connectivity index (χ3n) is 1.81. The van der Waals surface area contributed by atoms with Crippen LogP contribution < -0.4 is 5.32 Å². The van der Waals surface area contributed by atoms with E-state index in [0.29, 0.717) is 18.5 Å². The first-order valence-electron chi connectivity index (χ1n) is 4.66. The van der Waals surface area contributed by atoms with Gasteiger partial charge in [0.05, 0.1) is 11.7 Å². The molecule has 0 aromatic carbocycles. The first-order valence-corrected chi connectivity index (χ1v) is 5.45. The lowest BCUT2D eigenvalue weighted by Gasteiger charge is -2.06. The molecule has 4 nitrogen and oxygen atoms in total. The maximum absolute atomic E-state index is 11.5. The fourth-order valence-corrected chi connectivity index (χ4v) is 1.40. The molecule has 0 bridgehead atoms. The number of nitrogens with one attached hydrogen (secondary N) is 1. The summed E-state index contributed by atoms with van der Waals surface area (Å²) in [4.78, 5) is 15.4. The van der Waals surface area contributed by atoms with Gasteiger partial charge in [0.25, 0.3) is 5.91 Å². The van der Waals surface area contributed by atoms with Gasteiger partial charge < -0.3 is 10.4 Å². The normalized spacial score (nSPS) is 12.2. The molecule has 2 N–H and O–H groups in total. The van der Waals surface area contributed by atoms with Crippen LogP contribution in [-0.2, 0) is 0 Å². The van der Waals surface area contributed by atoms with Crippen molar-refractivity contribution in [2.75, 3.05) is 6.54 Å². The van der Waals surface area contributed by atoms with Crippen molar-refractivity contribution in [3.63, 3.8) is 0 Å². The fraction of sp³-hybridized carbons (Fsp3) is 0.400. The average molecular weight is 273 g/mol. The van der Waals surface area contributed by atoms with Gasteiger partial charge in [0.15, 0.2) is 0 Å². The SMILES string of the molecule is CC(O)CCNC(=O)c1cncc(Br)c1. The van der Waals surface area contributed by atoms with E-state index in [1.54, 1.807) is 19.2 Å². The standard InChI is InChI=1S/C10H13BrN2O2/c1-7(14)2-3-13-10(15)8-4-9(11)6-12-5-8/h4-7,14H,2-3H2,1H3,(H,13,15). The summed E-state index contributed by atoms with van der Waals surface area (Å²) in [6, 6.07) is 1.70. The van der Waals surface area contributed by atoms with E-state index in [1.165, 1.54) is 6.20 Å². The topological polar surface area (TPSA) is 62.2 Å². The highest BCUT2D eigenvalue weighted by molar-refractivity contribution is 9.10. The molecule has 0 aliphatic heterocycles. The lowest BCUT2D eigenvalue weighted by Crippen LogP contribution is -2.26. The Balaban J connectivity index is 2.47. The fourth-order valence-electron chi connectivity index (χ4n) is 1.03. The van der Waals surface area contributed by atoms with Gasteiger partial charge in [-0.1, -0.05) is 0 Å². The van der Waals surface area contributed by atoms with Crippen molar-refractivity contribution in [1.29, 1.82) is 0 Å². The first-order chi connectivity index (χ1) is 7.09. The zero-order valence-electron chi connectivity index (χ0n) is 8.40. The Hall–Kier alpha value is -0.940. The molecule has 1 unspecified atom stereocenters. The highest BCUT2D eigenvalue weighted by Gasteiger charge is 2.05. The quantitative estimate of drug-likeness (QED) is 0.870. The molecule has 0 spiro atoms. The monoisotopic (exact) mass is 272 g/mol. The van der Waals surface area contributed by atoms with E-state index in [9.17, 15) is 4.79 Å². The van der Waals surface area contributed by atoms with Gasteiger partial charge in [-0.25, -0.2) is 0 Å². The Bertz CT molecular complexity index is 342. The van der Waals surface area contributed by atoms with Crippen molar-refractivity contribution in [2.24, 2.45) is 0 Å². The third kappa shape index (κ3) is 4.40. The maximum Gasteiger partial charge on any atom is 0.252 e. The maximum atomic E-state index is 11.5. The molecule has 0 aliphatic carbocycles. The molecular formula is C10H13BrN2O2. The second-order valence-electron chi connectivity index (χ2n) is 3.29. The van der Waals surface area contributed by atoms with Crippen molar-refractivity contribution < 1.29 is 9.90 Å². The number of pyridine rings is 1. The third-order valence-corrected chi connectivity index (χ3v) is 2.25. The zero-order valence-corrected chi connectivity index (χ0v) is 9.99. The van der Waals surface area contributed by atoms with Gasteiger partial charge in [0.2, 0.25) is 0 Å². The molecule has 5 heteroatoms. The van der Waals surface area contributed by atoms with Gasteiger partial charge in [0, 0.05) is 23.4 Å². The van der Waals surface area contributed by atoms with Crippen LogP contribution in [0.4, 0.5) is 0 Å². The Kier molecular flexibility index (Phi) is 4.71. The minimum Gasteiger partial charge on any atom is -0.393 e. The molecule has 1 heterocycles. The van der Waals surface area contributed by atoms with E-state index < -0.39 is 6.10 Å². The number of aliphatic hydroxyl groups is 1. The molecule has 1 rings (SSSR count). The number of nitrogens with zero attached hydrogens (tertiary/aromatic N) is 1. The van der Waals surface area contributed by atoms with Crippen LogP contribution in [-0.4, -0.2) is 28.6 Å². The van der Waals surface area contributed by atoms with Crippen LogP contribution in [0.15, 0.2) is 22.9 Å². The van der Waals surface area contributed by atoms with Gasteiger partial charge in [0.1, 0.15) is 0 Å². The van der Waals surface area contributed by atoms with E-state index in [4.69, 9.17) is 5.11 Å². The summed E-state index contributed by atoms with van der Waals surface area (Å²) in [6.07, 6.45) is 3.27. The van der Waals surface area contributed by atoms with E-state index in [-0.39, 0.29) is 5.91 Å². The number of amides is 1. The zero-order chi connectivity index (χ0) is 11.3. The second kappa shape index (κ2) is 5.82.